The lowest BCUT2D eigenvalue weighted by atomic mass is 9.40. The Morgan fingerprint density at radius 1 is 0.745 bits per heavy atom. The molecule has 0 atom stereocenters. The van der Waals surface area contributed by atoms with Crippen LogP contribution >= 0.6 is 136 Å². The molecule has 0 aliphatic carbocycles. The van der Waals surface area contributed by atoms with Crippen molar-refractivity contribution in [3.8, 4) is 0 Å². The van der Waals surface area contributed by atoms with Crippen molar-refractivity contribution in [1.82, 2.24) is 19.9 Å². The van der Waals surface area contributed by atoms with E-state index in [0.717, 1.165) is 79.4 Å². The highest BCUT2D eigenvalue weighted by Crippen LogP contribution is 2.36. The highest BCUT2D eigenvalue weighted by atomic mass is 79.9. The van der Waals surface area contributed by atoms with E-state index < -0.39 is 0 Å². The number of carbonyl (C=O) groups excluding carboxylic acids is 3. The lowest BCUT2D eigenvalue weighted by Gasteiger charge is -2.25. The molecule has 0 saturated carbocycles. The number of thiazole rings is 4. The number of anilines is 2. The maximum absolute atomic E-state index is 11.3. The Kier molecular flexibility index (Phi) is 28.0. The summed E-state index contributed by atoms with van der Waals surface area (Å²) in [5.74, 6) is 0.139. The van der Waals surface area contributed by atoms with Gasteiger partial charge < -0.3 is 14.9 Å². The minimum Gasteiger partial charge on any atom is -0.390 e. The molecule has 2 aliphatic heterocycles. The van der Waals surface area contributed by atoms with Crippen LogP contribution in [0.2, 0.25) is 0 Å². The first-order valence-electron chi connectivity index (χ1n) is 15.7. The van der Waals surface area contributed by atoms with Crippen molar-refractivity contribution in [2.24, 2.45) is 0 Å². The molecule has 5 aromatic rings. The molecule has 0 aromatic carbocycles. The van der Waals surface area contributed by atoms with Gasteiger partial charge in [0.25, 0.3) is 0 Å². The van der Waals surface area contributed by atoms with Crippen molar-refractivity contribution >= 4 is 221 Å². The van der Waals surface area contributed by atoms with E-state index in [-0.39, 0.29) is 20.8 Å². The van der Waals surface area contributed by atoms with Crippen LogP contribution < -0.4 is 9.80 Å². The first kappa shape index (κ1) is 52.9. The van der Waals surface area contributed by atoms with Crippen LogP contribution in [-0.2, 0) is 6.61 Å². The summed E-state index contributed by atoms with van der Waals surface area (Å²) in [7, 11) is 18.0. The van der Waals surface area contributed by atoms with Crippen LogP contribution in [-0.4, -0.2) is 116 Å². The van der Waals surface area contributed by atoms with Gasteiger partial charge in [-0.25, -0.2) is 19.9 Å². The van der Waals surface area contributed by atoms with Crippen LogP contribution in [0.15, 0.2) is 25.3 Å². The summed E-state index contributed by atoms with van der Waals surface area (Å²) in [6.45, 7) is 5.99. The summed E-state index contributed by atoms with van der Waals surface area (Å²) < 4.78 is 5.18. The molecule has 2 fully saturated rings. The van der Waals surface area contributed by atoms with Gasteiger partial charge in [0.2, 0.25) is 0 Å². The number of piperidine rings is 2. The molecule has 26 heteroatoms. The van der Waals surface area contributed by atoms with Crippen LogP contribution in [0, 0.1) is 0 Å². The number of fused-ring (bicyclic) bond motifs is 1. The van der Waals surface area contributed by atoms with E-state index in [9.17, 15) is 14.4 Å². The molecule has 7 heterocycles. The number of aliphatic hydroxyl groups is 1. The first-order valence-corrected chi connectivity index (χ1v) is 23.8. The van der Waals surface area contributed by atoms with Gasteiger partial charge in [-0.05, 0) is 131 Å². The predicted octanol–water partition coefficient (Wildman–Crippen LogP) is 8.62. The first-order chi connectivity index (χ1) is 25.9. The molecule has 55 heavy (non-hydrogen) atoms. The van der Waals surface area contributed by atoms with Gasteiger partial charge >= 0.3 is 0 Å². The second-order valence-corrected chi connectivity index (χ2v) is 22.3. The predicted molar refractivity (Wildman–Crippen MR) is 256 cm³/mol. The van der Waals surface area contributed by atoms with Crippen molar-refractivity contribution in [3.63, 3.8) is 0 Å². The zero-order valence-corrected chi connectivity index (χ0v) is 41.3. The molecule has 7 rings (SSSR count). The summed E-state index contributed by atoms with van der Waals surface area (Å²) >= 11 is 23.8. The Bertz CT molecular complexity index is 1860. The van der Waals surface area contributed by atoms with Gasteiger partial charge in [0.1, 0.15) is 23.0 Å². The van der Waals surface area contributed by atoms with Gasteiger partial charge in [-0.1, -0.05) is 45.3 Å². The van der Waals surface area contributed by atoms with Crippen molar-refractivity contribution in [1.29, 1.82) is 0 Å². The molecule has 0 amide bonds. The highest BCUT2D eigenvalue weighted by Gasteiger charge is 2.18. The number of hydrogen-bond donors (Lipinski definition) is 1. The van der Waals surface area contributed by atoms with Crippen LogP contribution in [0.3, 0.4) is 0 Å². The number of aromatic nitrogens is 4. The SMILES string of the molecule is CC(=O)c1cc2nc(N3CCCCC3)sc2s1.O=Cc1nc(Br)sc1Br.O=Cc1nc(N2CCCCC2)sc1Br.OCc1nc(Br)sc1Br.[B].[B][B].[B][B][B]. The number of rotatable bonds is 6. The topological polar surface area (TPSA) is 129 Å². The van der Waals surface area contributed by atoms with Gasteiger partial charge in [0, 0.05) is 72.6 Å². The molecule has 12 radical (unpaired) electrons. The molecular formula is C29H29B6Br5N6O4S5. The molecule has 0 spiro atoms. The van der Waals surface area contributed by atoms with Gasteiger partial charge in [0.15, 0.2) is 36.5 Å². The summed E-state index contributed by atoms with van der Waals surface area (Å²) in [6.07, 6.45) is 9.16. The summed E-state index contributed by atoms with van der Waals surface area (Å²) in [5, 5.41) is 10.7. The van der Waals surface area contributed by atoms with Crippen molar-refractivity contribution in [3.05, 3.63) is 47.2 Å². The maximum Gasteiger partial charge on any atom is 0.187 e. The molecule has 10 nitrogen and oxygen atoms in total. The molecule has 2 aliphatic rings. The van der Waals surface area contributed by atoms with E-state index in [1.165, 1.54) is 65.2 Å². The molecule has 2 saturated heterocycles. The lowest BCUT2D eigenvalue weighted by Crippen LogP contribution is -2.29. The van der Waals surface area contributed by atoms with Crippen LogP contribution in [0.5, 0.6) is 0 Å². The van der Waals surface area contributed by atoms with Crippen LogP contribution in [0.25, 0.3) is 9.53 Å². The molecule has 1 N–H and O–H groups in total. The Morgan fingerprint density at radius 2 is 1.20 bits per heavy atom. The fraction of sp³-hybridized carbons (Fsp3) is 0.414. The van der Waals surface area contributed by atoms with E-state index >= 15 is 0 Å². The van der Waals surface area contributed by atoms with Crippen LogP contribution in [0.1, 0.15) is 81.8 Å². The van der Waals surface area contributed by atoms with E-state index in [0.29, 0.717) is 23.4 Å². The van der Waals surface area contributed by atoms with Gasteiger partial charge in [-0.15, -0.1) is 11.3 Å². The van der Waals surface area contributed by atoms with Crippen LogP contribution in [0.4, 0.5) is 10.3 Å². The van der Waals surface area contributed by atoms with Crippen molar-refractivity contribution < 1.29 is 19.5 Å². The number of halogens is 5. The number of nitrogens with zero attached hydrogens (tertiary/aromatic N) is 6. The third-order valence-electron chi connectivity index (χ3n) is 6.86. The monoisotopic (exact) mass is 1150 g/mol. The minimum atomic E-state index is -0.0112. The number of aliphatic hydroxyl groups excluding tert-OH is 1. The Morgan fingerprint density at radius 3 is 1.55 bits per heavy atom. The Labute approximate surface area is 391 Å². The Balaban J connectivity index is 0.000000361. The number of hydrogen-bond acceptors (Lipinski definition) is 15. The largest absolute Gasteiger partial charge is 0.390 e. The van der Waals surface area contributed by atoms with E-state index in [1.807, 2.05) is 6.07 Å². The van der Waals surface area contributed by atoms with E-state index in [4.69, 9.17) is 5.11 Å². The van der Waals surface area contributed by atoms with Crippen molar-refractivity contribution in [2.45, 2.75) is 52.1 Å². The van der Waals surface area contributed by atoms with E-state index in [1.54, 1.807) is 40.9 Å². The van der Waals surface area contributed by atoms with E-state index in [2.05, 4.69) is 140 Å². The molecular weight excluding hydrogens is 1120 g/mol. The number of ketones is 1. The number of thiophene rings is 1. The minimum absolute atomic E-state index is 0. The average Bonchev–Trinajstić information content (AvgIpc) is 4.00. The quantitative estimate of drug-likeness (QED) is 0.100. The van der Waals surface area contributed by atoms with Gasteiger partial charge in [-0.2, -0.15) is 0 Å². The fourth-order valence-electron chi connectivity index (χ4n) is 4.48. The Hall–Kier alpha value is -0.160. The van der Waals surface area contributed by atoms with Gasteiger partial charge in [-0.3, -0.25) is 14.4 Å². The molecule has 0 bridgehead atoms. The second kappa shape index (κ2) is 29.1. The number of Topliss-reactive ketones (excluding diaryl/α,β-unsaturated/α-hetero) is 1. The third-order valence-corrected chi connectivity index (χ3v) is 15.6. The lowest BCUT2D eigenvalue weighted by molar-refractivity contribution is 0.102. The highest BCUT2D eigenvalue weighted by molar-refractivity contribution is 9.12. The summed E-state index contributed by atoms with van der Waals surface area (Å²) in [6, 6.07) is 1.92. The normalized spacial score (nSPS) is 13.0. The smallest absolute Gasteiger partial charge is 0.187 e. The third kappa shape index (κ3) is 17.9. The zero-order valence-electron chi connectivity index (χ0n) is 29.3. The maximum atomic E-state index is 11.3. The fourth-order valence-corrected chi connectivity index (χ4v) is 13.1. The second-order valence-electron chi connectivity index (χ2n) is 10.5. The standard InChI is InChI=1S/C12H14N2OS2.C9H11BrN2OS.C4H3Br2NOS.C4HBr2NOS.B3.B2.B/c1-8(15)10-7-9-11(16-10)17-12(13-9)14-5-3-2-4-6-14;10-8-7(6-13)11-9(14-8)12-4-2-1-3-5-12;2*5-3-2(1-8)7-4(6)9-3;1-3-2;1-2;/h7H,2-6H2,1H3;6H,1-5H2;8H,1H2;1H;;;. The number of aldehydes is 2. The summed E-state index contributed by atoms with van der Waals surface area (Å²) in [5.41, 5.74) is 2.65. The average molecular weight is 1150 g/mol. The van der Waals surface area contributed by atoms with Gasteiger partial charge in [0.05, 0.1) is 26.5 Å². The molecule has 0 unspecified atom stereocenters. The molecule has 5 aromatic heterocycles. The number of carbonyl (C=O) groups is 3. The zero-order chi connectivity index (χ0) is 40.2. The summed E-state index contributed by atoms with van der Waals surface area (Å²) in [4.78, 5) is 54.2. The molecule has 282 valence electrons. The van der Waals surface area contributed by atoms with Crippen molar-refractivity contribution in [2.75, 3.05) is 36.0 Å².